The molecule has 0 aromatic rings. The molecule has 1 atom stereocenters. The number of nitrogens with one attached hydrogen (secondary N) is 2. The molecule has 0 aliphatic heterocycles. The fourth-order valence-electron chi connectivity index (χ4n) is 1.45. The summed E-state index contributed by atoms with van der Waals surface area (Å²) in [7, 11) is 0. The lowest BCUT2D eigenvalue weighted by atomic mass is 10.1. The van der Waals surface area contributed by atoms with Gasteiger partial charge in [0.15, 0.2) is 0 Å². The minimum Gasteiger partial charge on any atom is -0.379 e. The van der Waals surface area contributed by atoms with E-state index in [4.69, 9.17) is 10.5 Å². The van der Waals surface area contributed by atoms with E-state index in [2.05, 4.69) is 10.6 Å². The van der Waals surface area contributed by atoms with Gasteiger partial charge in [0.2, 0.25) is 11.8 Å². The Morgan fingerprint density at radius 2 is 2.00 bits per heavy atom. The smallest absolute Gasteiger partial charge is 0.239 e. The average Bonchev–Trinajstić information content (AvgIpc) is 3.18. The molecule has 6 heteroatoms. The van der Waals surface area contributed by atoms with Gasteiger partial charge in [0.25, 0.3) is 0 Å². The Balaban J connectivity index is 1.98. The van der Waals surface area contributed by atoms with Gasteiger partial charge < -0.3 is 21.1 Å². The lowest BCUT2D eigenvalue weighted by molar-refractivity contribution is -0.127. The molecule has 1 saturated carbocycles. The minimum absolute atomic E-state index is 0.0398. The number of carbonyl (C=O) groups is 2. The maximum atomic E-state index is 11.5. The maximum absolute atomic E-state index is 11.5. The Morgan fingerprint density at radius 1 is 1.32 bits per heavy atom. The second kappa shape index (κ2) is 8.12. The van der Waals surface area contributed by atoms with Crippen LogP contribution >= 0.6 is 0 Å². The summed E-state index contributed by atoms with van der Waals surface area (Å²) in [6, 6.07) is -0.574. The highest BCUT2D eigenvalue weighted by molar-refractivity contribution is 5.87. The summed E-state index contributed by atoms with van der Waals surface area (Å²) in [6.07, 6.45) is 2.52. The van der Waals surface area contributed by atoms with Gasteiger partial charge in [-0.2, -0.15) is 0 Å². The molecule has 0 bridgehead atoms. The number of ether oxygens (including phenoxy) is 1. The van der Waals surface area contributed by atoms with E-state index in [0.717, 1.165) is 12.5 Å². The van der Waals surface area contributed by atoms with Gasteiger partial charge in [-0.05, 0) is 24.7 Å². The van der Waals surface area contributed by atoms with Crippen molar-refractivity contribution in [1.29, 1.82) is 0 Å². The highest BCUT2D eigenvalue weighted by Gasteiger charge is 2.21. The SMILES string of the molecule is CC(C)[C@H](N)C(=O)NCC(=O)NCCOCC1CC1. The Kier molecular flexibility index (Phi) is 6.80. The minimum atomic E-state index is -0.574. The summed E-state index contributed by atoms with van der Waals surface area (Å²) in [6.45, 7) is 5.46. The molecule has 0 aromatic carbocycles. The standard InChI is InChI=1S/C13H25N3O3/c1-9(2)12(14)13(18)16-7-11(17)15-5-6-19-8-10-3-4-10/h9-10,12H,3-8,14H2,1-2H3,(H,15,17)(H,16,18)/t12-/m0/s1. The maximum Gasteiger partial charge on any atom is 0.239 e. The molecule has 0 saturated heterocycles. The van der Waals surface area contributed by atoms with Crippen molar-refractivity contribution in [3.05, 3.63) is 0 Å². The first-order valence-corrected chi connectivity index (χ1v) is 6.88. The number of carbonyl (C=O) groups excluding carboxylic acids is 2. The Labute approximate surface area is 114 Å². The fourth-order valence-corrected chi connectivity index (χ4v) is 1.45. The van der Waals surface area contributed by atoms with E-state index in [9.17, 15) is 9.59 Å². The average molecular weight is 271 g/mol. The Morgan fingerprint density at radius 3 is 2.58 bits per heavy atom. The number of amides is 2. The first-order chi connectivity index (χ1) is 9.00. The molecule has 1 fully saturated rings. The predicted octanol–water partition coefficient (Wildman–Crippen LogP) is -0.371. The number of hydrogen-bond acceptors (Lipinski definition) is 4. The van der Waals surface area contributed by atoms with Crippen LogP contribution in [0.1, 0.15) is 26.7 Å². The Hall–Kier alpha value is -1.14. The summed E-state index contributed by atoms with van der Waals surface area (Å²) in [5, 5.41) is 5.20. The van der Waals surface area contributed by atoms with E-state index in [1.165, 1.54) is 12.8 Å². The normalized spacial score (nSPS) is 16.2. The van der Waals surface area contributed by atoms with Crippen molar-refractivity contribution in [3.63, 3.8) is 0 Å². The van der Waals surface area contributed by atoms with Crippen LogP contribution in [0.15, 0.2) is 0 Å². The van der Waals surface area contributed by atoms with Gasteiger partial charge in [-0.25, -0.2) is 0 Å². The molecule has 1 rings (SSSR count). The van der Waals surface area contributed by atoms with Gasteiger partial charge in [-0.15, -0.1) is 0 Å². The Bertz CT molecular complexity index is 304. The van der Waals surface area contributed by atoms with Gasteiger partial charge in [0.1, 0.15) is 0 Å². The molecule has 0 aromatic heterocycles. The van der Waals surface area contributed by atoms with E-state index in [1.807, 2.05) is 13.8 Å². The highest BCUT2D eigenvalue weighted by atomic mass is 16.5. The number of nitrogens with two attached hydrogens (primary N) is 1. The lowest BCUT2D eigenvalue weighted by Crippen LogP contribution is -2.47. The van der Waals surface area contributed by atoms with Crippen LogP contribution < -0.4 is 16.4 Å². The van der Waals surface area contributed by atoms with Crippen LogP contribution in [0.25, 0.3) is 0 Å². The molecule has 1 aliphatic carbocycles. The van der Waals surface area contributed by atoms with E-state index >= 15 is 0 Å². The molecular formula is C13H25N3O3. The molecule has 0 spiro atoms. The molecule has 1 aliphatic rings. The van der Waals surface area contributed by atoms with Crippen molar-refractivity contribution in [3.8, 4) is 0 Å². The zero-order chi connectivity index (χ0) is 14.3. The van der Waals surface area contributed by atoms with Crippen molar-refractivity contribution in [2.75, 3.05) is 26.3 Å². The summed E-state index contributed by atoms with van der Waals surface area (Å²) >= 11 is 0. The van der Waals surface area contributed by atoms with Crippen LogP contribution in [-0.4, -0.2) is 44.2 Å². The molecule has 19 heavy (non-hydrogen) atoms. The van der Waals surface area contributed by atoms with E-state index in [1.54, 1.807) is 0 Å². The second-order valence-electron chi connectivity index (χ2n) is 5.36. The van der Waals surface area contributed by atoms with Crippen LogP contribution in [0.4, 0.5) is 0 Å². The van der Waals surface area contributed by atoms with Gasteiger partial charge in [-0.3, -0.25) is 9.59 Å². The van der Waals surface area contributed by atoms with Crippen LogP contribution in [0.2, 0.25) is 0 Å². The quantitative estimate of drug-likeness (QED) is 0.499. The zero-order valence-corrected chi connectivity index (χ0v) is 11.8. The largest absolute Gasteiger partial charge is 0.379 e. The zero-order valence-electron chi connectivity index (χ0n) is 11.8. The fraction of sp³-hybridized carbons (Fsp3) is 0.846. The lowest BCUT2D eigenvalue weighted by Gasteiger charge is -2.15. The third kappa shape index (κ3) is 7.12. The first kappa shape index (κ1) is 15.9. The molecule has 4 N–H and O–H groups in total. The van der Waals surface area contributed by atoms with E-state index < -0.39 is 6.04 Å². The van der Waals surface area contributed by atoms with Crippen LogP contribution in [0.3, 0.4) is 0 Å². The van der Waals surface area contributed by atoms with Crippen molar-refractivity contribution in [1.82, 2.24) is 10.6 Å². The predicted molar refractivity (Wildman–Crippen MR) is 72.4 cm³/mol. The van der Waals surface area contributed by atoms with Crippen LogP contribution in [0, 0.1) is 11.8 Å². The van der Waals surface area contributed by atoms with Crippen molar-refractivity contribution >= 4 is 11.8 Å². The summed E-state index contributed by atoms with van der Waals surface area (Å²) in [5.41, 5.74) is 5.66. The number of rotatable bonds is 9. The highest BCUT2D eigenvalue weighted by Crippen LogP contribution is 2.28. The monoisotopic (exact) mass is 271 g/mol. The number of hydrogen-bond donors (Lipinski definition) is 3. The van der Waals surface area contributed by atoms with Crippen molar-refractivity contribution in [2.45, 2.75) is 32.7 Å². The molecule has 6 nitrogen and oxygen atoms in total. The molecular weight excluding hydrogens is 246 g/mol. The third-order valence-corrected chi connectivity index (χ3v) is 3.06. The topological polar surface area (TPSA) is 93.5 Å². The molecule has 110 valence electrons. The molecule has 0 unspecified atom stereocenters. The van der Waals surface area contributed by atoms with Gasteiger partial charge in [-0.1, -0.05) is 13.8 Å². The third-order valence-electron chi connectivity index (χ3n) is 3.06. The summed E-state index contributed by atoms with van der Waals surface area (Å²) < 4.78 is 5.38. The van der Waals surface area contributed by atoms with Crippen LogP contribution in [0.5, 0.6) is 0 Å². The van der Waals surface area contributed by atoms with Crippen molar-refractivity contribution < 1.29 is 14.3 Å². The molecule has 2 amide bonds. The van der Waals surface area contributed by atoms with Crippen molar-refractivity contribution in [2.24, 2.45) is 17.6 Å². The second-order valence-corrected chi connectivity index (χ2v) is 5.36. The summed E-state index contributed by atoms with van der Waals surface area (Å²) in [4.78, 5) is 22.9. The molecule has 0 heterocycles. The van der Waals surface area contributed by atoms with Gasteiger partial charge >= 0.3 is 0 Å². The summed E-state index contributed by atoms with van der Waals surface area (Å²) in [5.74, 6) is 0.265. The van der Waals surface area contributed by atoms with E-state index in [-0.39, 0.29) is 24.3 Å². The first-order valence-electron chi connectivity index (χ1n) is 6.88. The molecule has 0 radical (unpaired) electrons. The van der Waals surface area contributed by atoms with Gasteiger partial charge in [0.05, 0.1) is 19.2 Å². The van der Waals surface area contributed by atoms with Crippen LogP contribution in [-0.2, 0) is 14.3 Å². The van der Waals surface area contributed by atoms with Gasteiger partial charge in [0, 0.05) is 13.2 Å². The van der Waals surface area contributed by atoms with E-state index in [0.29, 0.717) is 13.2 Å².